The molecule has 0 aliphatic carbocycles. The van der Waals surface area contributed by atoms with E-state index in [1.165, 1.54) is 16.8 Å². The van der Waals surface area contributed by atoms with Gasteiger partial charge >= 0.3 is 5.97 Å². The first-order valence-electron chi connectivity index (χ1n) is 5.11. The van der Waals surface area contributed by atoms with Gasteiger partial charge in [0.15, 0.2) is 5.03 Å². The monoisotopic (exact) mass is 262 g/mol. The van der Waals surface area contributed by atoms with E-state index in [1.54, 1.807) is 31.4 Å². The van der Waals surface area contributed by atoms with Gasteiger partial charge in [0, 0.05) is 24.3 Å². The number of carboxylic acids is 1. The van der Waals surface area contributed by atoms with Crippen molar-refractivity contribution < 1.29 is 9.90 Å². The lowest BCUT2D eigenvalue weighted by Gasteiger charge is -2.05. The van der Waals surface area contributed by atoms with E-state index in [-0.39, 0.29) is 16.1 Å². The van der Waals surface area contributed by atoms with Gasteiger partial charge in [-0.05, 0) is 12.1 Å². The normalized spacial score (nSPS) is 10.3. The third-order valence-electron chi connectivity index (χ3n) is 2.31. The predicted molar refractivity (Wildman–Crippen MR) is 67.0 cm³/mol. The average Bonchev–Trinajstić information content (AvgIpc) is 2.35. The van der Waals surface area contributed by atoms with Crippen LogP contribution >= 0.6 is 11.8 Å². The van der Waals surface area contributed by atoms with Gasteiger partial charge in [0.2, 0.25) is 0 Å². The van der Waals surface area contributed by atoms with E-state index >= 15 is 0 Å². The number of aromatic nitrogens is 2. The summed E-state index contributed by atoms with van der Waals surface area (Å²) in [6.07, 6.45) is 3.06. The molecular formula is C12H10N2O3S. The van der Waals surface area contributed by atoms with Crippen molar-refractivity contribution in [2.75, 3.05) is 0 Å². The molecular weight excluding hydrogens is 252 g/mol. The minimum absolute atomic E-state index is 0.162. The topological polar surface area (TPSA) is 72.2 Å². The second-order valence-electron chi connectivity index (χ2n) is 3.55. The van der Waals surface area contributed by atoms with Gasteiger partial charge < -0.3 is 9.67 Å². The quantitative estimate of drug-likeness (QED) is 0.910. The molecule has 0 fully saturated rings. The van der Waals surface area contributed by atoms with Crippen LogP contribution in [0.15, 0.2) is 51.4 Å². The van der Waals surface area contributed by atoms with Crippen LogP contribution in [0.4, 0.5) is 0 Å². The van der Waals surface area contributed by atoms with Crippen molar-refractivity contribution in [1.29, 1.82) is 0 Å². The molecule has 0 bridgehead atoms. The fraction of sp³-hybridized carbons (Fsp3) is 0.0833. The first kappa shape index (κ1) is 12.4. The largest absolute Gasteiger partial charge is 0.478 e. The highest BCUT2D eigenvalue weighted by molar-refractivity contribution is 7.99. The Bertz CT molecular complexity index is 652. The molecule has 0 saturated heterocycles. The minimum atomic E-state index is -1.02. The number of hydrogen-bond acceptors (Lipinski definition) is 4. The molecule has 0 spiro atoms. The van der Waals surface area contributed by atoms with Crippen LogP contribution in [0.2, 0.25) is 0 Å². The van der Waals surface area contributed by atoms with Gasteiger partial charge in [-0.1, -0.05) is 23.9 Å². The molecule has 0 saturated carbocycles. The molecule has 0 atom stereocenters. The Morgan fingerprint density at radius 1 is 1.39 bits per heavy atom. The van der Waals surface area contributed by atoms with Crippen LogP contribution < -0.4 is 5.56 Å². The number of carboxylic acid groups (broad SMARTS) is 1. The highest BCUT2D eigenvalue weighted by atomic mass is 32.2. The van der Waals surface area contributed by atoms with Gasteiger partial charge in [0.05, 0.1) is 5.56 Å². The van der Waals surface area contributed by atoms with Crippen LogP contribution in [0, 0.1) is 0 Å². The number of carbonyl (C=O) groups is 1. The lowest BCUT2D eigenvalue weighted by atomic mass is 10.2. The van der Waals surface area contributed by atoms with E-state index in [0.717, 1.165) is 11.8 Å². The smallest absolute Gasteiger partial charge is 0.336 e. The Morgan fingerprint density at radius 3 is 2.83 bits per heavy atom. The van der Waals surface area contributed by atoms with Gasteiger partial charge in [-0.15, -0.1) is 0 Å². The summed E-state index contributed by atoms with van der Waals surface area (Å²) in [5.41, 5.74) is -0.0853. The third kappa shape index (κ3) is 2.43. The van der Waals surface area contributed by atoms with Crippen LogP contribution in [-0.4, -0.2) is 20.6 Å². The summed E-state index contributed by atoms with van der Waals surface area (Å²) < 4.78 is 1.40. The summed E-state index contributed by atoms with van der Waals surface area (Å²) in [6.45, 7) is 0. The molecule has 5 nitrogen and oxygen atoms in total. The molecule has 92 valence electrons. The van der Waals surface area contributed by atoms with Crippen molar-refractivity contribution in [2.45, 2.75) is 9.92 Å². The number of rotatable bonds is 3. The second-order valence-corrected chi connectivity index (χ2v) is 4.58. The third-order valence-corrected chi connectivity index (χ3v) is 3.36. The maximum Gasteiger partial charge on any atom is 0.336 e. The van der Waals surface area contributed by atoms with Crippen molar-refractivity contribution in [3.63, 3.8) is 0 Å². The maximum atomic E-state index is 11.8. The SMILES string of the molecule is Cn1ccnc(Sc2ccccc2C(=O)O)c1=O. The fourth-order valence-electron chi connectivity index (χ4n) is 1.38. The van der Waals surface area contributed by atoms with E-state index in [2.05, 4.69) is 4.98 Å². The summed E-state index contributed by atoms with van der Waals surface area (Å²) >= 11 is 1.06. The van der Waals surface area contributed by atoms with Crippen molar-refractivity contribution >= 4 is 17.7 Å². The van der Waals surface area contributed by atoms with Crippen LogP contribution in [0.5, 0.6) is 0 Å². The summed E-state index contributed by atoms with van der Waals surface area (Å²) in [5.74, 6) is -1.02. The van der Waals surface area contributed by atoms with Gasteiger partial charge in [-0.2, -0.15) is 0 Å². The van der Waals surface area contributed by atoms with Gasteiger partial charge in [-0.3, -0.25) is 4.79 Å². The van der Waals surface area contributed by atoms with Crippen molar-refractivity contribution in [1.82, 2.24) is 9.55 Å². The molecule has 0 amide bonds. The lowest BCUT2D eigenvalue weighted by molar-refractivity contribution is 0.0693. The zero-order chi connectivity index (χ0) is 13.1. The number of benzene rings is 1. The molecule has 2 aromatic rings. The van der Waals surface area contributed by atoms with Crippen molar-refractivity contribution in [2.24, 2.45) is 7.05 Å². The van der Waals surface area contributed by atoms with Gasteiger partial charge in [0.25, 0.3) is 5.56 Å². The predicted octanol–water partition coefficient (Wildman–Crippen LogP) is 1.63. The average molecular weight is 262 g/mol. The Labute approximate surface area is 107 Å². The Hall–Kier alpha value is -2.08. The molecule has 1 heterocycles. The second kappa shape index (κ2) is 5.05. The summed E-state index contributed by atoms with van der Waals surface area (Å²) in [7, 11) is 1.62. The van der Waals surface area contributed by atoms with Crippen molar-refractivity contribution in [3.05, 3.63) is 52.6 Å². The molecule has 1 aromatic carbocycles. The standard InChI is InChI=1S/C12H10N2O3S/c1-14-7-6-13-10(11(14)15)18-9-5-3-2-4-8(9)12(16)17/h2-7H,1H3,(H,16,17). The molecule has 2 rings (SSSR count). The number of hydrogen-bond donors (Lipinski definition) is 1. The van der Waals surface area contributed by atoms with E-state index in [9.17, 15) is 9.59 Å². The van der Waals surface area contributed by atoms with E-state index < -0.39 is 5.97 Å². The highest BCUT2D eigenvalue weighted by Crippen LogP contribution is 2.26. The molecule has 0 radical (unpaired) electrons. The van der Waals surface area contributed by atoms with Gasteiger partial charge in [0.1, 0.15) is 0 Å². The van der Waals surface area contributed by atoms with Crippen LogP contribution in [0.1, 0.15) is 10.4 Å². The molecule has 0 unspecified atom stereocenters. The summed E-state index contributed by atoms with van der Waals surface area (Å²) in [5, 5.41) is 9.31. The Kier molecular flexibility index (Phi) is 3.47. The Balaban J connectivity index is 2.44. The summed E-state index contributed by atoms with van der Waals surface area (Å²) in [6, 6.07) is 6.52. The summed E-state index contributed by atoms with van der Waals surface area (Å²) in [4.78, 5) is 27.3. The maximum absolute atomic E-state index is 11.8. The number of aryl methyl sites for hydroxylation is 1. The minimum Gasteiger partial charge on any atom is -0.478 e. The lowest BCUT2D eigenvalue weighted by Crippen LogP contribution is -2.18. The first-order chi connectivity index (χ1) is 8.59. The molecule has 1 aromatic heterocycles. The van der Waals surface area contributed by atoms with Gasteiger partial charge in [-0.25, -0.2) is 9.78 Å². The zero-order valence-corrected chi connectivity index (χ0v) is 10.3. The molecule has 1 N–H and O–H groups in total. The van der Waals surface area contributed by atoms with Crippen LogP contribution in [0.3, 0.4) is 0 Å². The first-order valence-corrected chi connectivity index (χ1v) is 5.93. The number of aromatic carboxylic acids is 1. The zero-order valence-electron chi connectivity index (χ0n) is 9.53. The van der Waals surface area contributed by atoms with E-state index in [1.807, 2.05) is 0 Å². The van der Waals surface area contributed by atoms with Crippen LogP contribution in [-0.2, 0) is 7.05 Å². The number of nitrogens with zero attached hydrogens (tertiary/aromatic N) is 2. The molecule has 18 heavy (non-hydrogen) atoms. The molecule has 0 aliphatic rings. The van der Waals surface area contributed by atoms with E-state index in [0.29, 0.717) is 4.90 Å². The Morgan fingerprint density at radius 2 is 2.11 bits per heavy atom. The van der Waals surface area contributed by atoms with Crippen LogP contribution in [0.25, 0.3) is 0 Å². The van der Waals surface area contributed by atoms with E-state index in [4.69, 9.17) is 5.11 Å². The highest BCUT2D eigenvalue weighted by Gasteiger charge is 2.12. The molecule has 0 aliphatic heterocycles. The fourth-order valence-corrected chi connectivity index (χ4v) is 2.35. The molecule has 6 heteroatoms. The van der Waals surface area contributed by atoms with Crippen molar-refractivity contribution in [3.8, 4) is 0 Å².